The van der Waals surface area contributed by atoms with Crippen LogP contribution in [0.3, 0.4) is 0 Å². The summed E-state index contributed by atoms with van der Waals surface area (Å²) in [7, 11) is 2.05. The fourth-order valence-electron chi connectivity index (χ4n) is 2.45. The molecule has 5 nitrogen and oxygen atoms in total. The van der Waals surface area contributed by atoms with E-state index < -0.39 is 5.66 Å². The van der Waals surface area contributed by atoms with Gasteiger partial charge in [-0.2, -0.15) is 0 Å². The summed E-state index contributed by atoms with van der Waals surface area (Å²) in [5, 5.41) is 14.2. The fourth-order valence-corrected chi connectivity index (χ4v) is 2.45. The van der Waals surface area contributed by atoms with E-state index in [1.54, 1.807) is 24.4 Å². The minimum absolute atomic E-state index is 0.0694. The van der Waals surface area contributed by atoms with E-state index in [4.69, 9.17) is 0 Å². The molecule has 1 saturated heterocycles. The number of piperidine rings is 1. The van der Waals surface area contributed by atoms with Gasteiger partial charge in [0.25, 0.3) is 0 Å². The molecule has 2 rings (SSSR count). The van der Waals surface area contributed by atoms with Crippen LogP contribution in [0.1, 0.15) is 12.8 Å². The summed E-state index contributed by atoms with van der Waals surface area (Å²) in [6, 6.07) is 0. The zero-order chi connectivity index (χ0) is 11.6. The van der Waals surface area contributed by atoms with Crippen LogP contribution in [-0.2, 0) is 0 Å². The van der Waals surface area contributed by atoms with E-state index in [1.807, 2.05) is 0 Å². The van der Waals surface area contributed by atoms with Crippen molar-refractivity contribution in [2.75, 3.05) is 20.1 Å². The fraction of sp³-hybridized carbons (Fsp3) is 0.636. The van der Waals surface area contributed by atoms with E-state index in [9.17, 15) is 10.1 Å². The first-order valence-corrected chi connectivity index (χ1v) is 5.60. The quantitative estimate of drug-likeness (QED) is 0.560. The minimum atomic E-state index is -1.09. The maximum absolute atomic E-state index is 11.3. The molecule has 16 heavy (non-hydrogen) atoms. The predicted octanol–water partition coefficient (Wildman–Crippen LogP) is 0.974. The Morgan fingerprint density at radius 1 is 1.44 bits per heavy atom. The molecular weight excluding hydrogens is 206 g/mol. The lowest BCUT2D eigenvalue weighted by molar-refractivity contribution is -0.573. The van der Waals surface area contributed by atoms with E-state index in [0.717, 1.165) is 25.9 Å². The summed E-state index contributed by atoms with van der Waals surface area (Å²) in [6.07, 6.45) is 8.63. The molecule has 2 aliphatic heterocycles. The average Bonchev–Trinajstić information content (AvgIpc) is 2.30. The van der Waals surface area contributed by atoms with E-state index in [0.29, 0.717) is 0 Å². The predicted molar refractivity (Wildman–Crippen MR) is 61.4 cm³/mol. The molecule has 88 valence electrons. The van der Waals surface area contributed by atoms with Crippen LogP contribution in [-0.4, -0.2) is 35.6 Å². The highest BCUT2D eigenvalue weighted by Gasteiger charge is 2.48. The molecule has 0 aliphatic carbocycles. The topological polar surface area (TPSA) is 58.4 Å². The highest BCUT2D eigenvalue weighted by atomic mass is 16.6. The smallest absolute Gasteiger partial charge is 0.315 e. The van der Waals surface area contributed by atoms with Crippen molar-refractivity contribution in [2.45, 2.75) is 18.5 Å². The van der Waals surface area contributed by atoms with E-state index in [2.05, 4.69) is 17.3 Å². The highest BCUT2D eigenvalue weighted by Crippen LogP contribution is 2.31. The van der Waals surface area contributed by atoms with Crippen molar-refractivity contribution in [2.24, 2.45) is 5.92 Å². The van der Waals surface area contributed by atoms with Crippen molar-refractivity contribution in [1.82, 2.24) is 10.2 Å². The van der Waals surface area contributed by atoms with Crippen LogP contribution < -0.4 is 5.32 Å². The van der Waals surface area contributed by atoms with Gasteiger partial charge in [-0.05, 0) is 39.1 Å². The van der Waals surface area contributed by atoms with Gasteiger partial charge >= 0.3 is 5.66 Å². The van der Waals surface area contributed by atoms with Gasteiger partial charge in [-0.3, -0.25) is 10.1 Å². The van der Waals surface area contributed by atoms with Gasteiger partial charge < -0.3 is 10.2 Å². The first-order chi connectivity index (χ1) is 7.65. The molecule has 0 radical (unpaired) electrons. The standard InChI is InChI=1S/C11H17N3O2/c1-13-8-4-10(5-9-13)11(14(15)16)6-2-3-7-12-11/h2-3,6-7,10,12H,4-5,8-9H2,1H3. The summed E-state index contributed by atoms with van der Waals surface area (Å²) in [6.45, 7) is 1.86. The lowest BCUT2D eigenvalue weighted by Gasteiger charge is -2.36. The van der Waals surface area contributed by atoms with Gasteiger partial charge in [-0.25, -0.2) is 0 Å². The Kier molecular flexibility index (Phi) is 2.96. The molecule has 0 amide bonds. The second-order valence-corrected chi connectivity index (χ2v) is 4.52. The summed E-state index contributed by atoms with van der Waals surface area (Å²) in [4.78, 5) is 13.3. The zero-order valence-electron chi connectivity index (χ0n) is 9.43. The maximum atomic E-state index is 11.3. The third-order valence-electron chi connectivity index (χ3n) is 3.52. The van der Waals surface area contributed by atoms with Crippen LogP contribution in [0, 0.1) is 16.0 Å². The molecule has 0 spiro atoms. The molecule has 0 aromatic rings. The molecule has 0 saturated carbocycles. The molecule has 1 N–H and O–H groups in total. The number of hydrogen-bond acceptors (Lipinski definition) is 4. The highest BCUT2D eigenvalue weighted by molar-refractivity contribution is 5.17. The average molecular weight is 223 g/mol. The van der Waals surface area contributed by atoms with Crippen molar-refractivity contribution in [3.8, 4) is 0 Å². The molecule has 1 unspecified atom stereocenters. The molecular formula is C11H17N3O2. The molecule has 0 aromatic heterocycles. The van der Waals surface area contributed by atoms with Crippen molar-refractivity contribution in [1.29, 1.82) is 0 Å². The van der Waals surface area contributed by atoms with Crippen molar-refractivity contribution >= 4 is 0 Å². The molecule has 1 atom stereocenters. The van der Waals surface area contributed by atoms with Gasteiger partial charge in [0, 0.05) is 12.3 Å². The van der Waals surface area contributed by atoms with Gasteiger partial charge in [0.15, 0.2) is 0 Å². The molecule has 2 aliphatic rings. The van der Waals surface area contributed by atoms with Crippen LogP contribution in [0.5, 0.6) is 0 Å². The largest absolute Gasteiger partial charge is 0.324 e. The Morgan fingerprint density at radius 3 is 2.62 bits per heavy atom. The third-order valence-corrected chi connectivity index (χ3v) is 3.52. The Hall–Kier alpha value is -1.36. The second kappa shape index (κ2) is 4.25. The number of nitrogens with one attached hydrogen (secondary N) is 1. The first kappa shape index (κ1) is 11.1. The second-order valence-electron chi connectivity index (χ2n) is 4.52. The first-order valence-electron chi connectivity index (χ1n) is 5.60. The number of allylic oxidation sites excluding steroid dienone is 2. The number of hydrogen-bond donors (Lipinski definition) is 1. The van der Waals surface area contributed by atoms with Gasteiger partial charge in [-0.1, -0.05) is 6.08 Å². The van der Waals surface area contributed by atoms with Gasteiger partial charge in [-0.15, -0.1) is 0 Å². The monoisotopic (exact) mass is 223 g/mol. The van der Waals surface area contributed by atoms with E-state index in [-0.39, 0.29) is 10.8 Å². The van der Waals surface area contributed by atoms with Gasteiger partial charge in [0.2, 0.25) is 0 Å². The molecule has 1 fully saturated rings. The van der Waals surface area contributed by atoms with Crippen LogP contribution in [0.2, 0.25) is 0 Å². The maximum Gasteiger partial charge on any atom is 0.315 e. The number of likely N-dealkylation sites (tertiary alicyclic amines) is 1. The van der Waals surface area contributed by atoms with E-state index in [1.165, 1.54) is 0 Å². The number of dihydropyridines is 1. The Labute approximate surface area is 95.0 Å². The Balaban J connectivity index is 2.17. The van der Waals surface area contributed by atoms with Crippen LogP contribution >= 0.6 is 0 Å². The van der Waals surface area contributed by atoms with Crippen molar-refractivity contribution in [3.05, 3.63) is 34.5 Å². The summed E-state index contributed by atoms with van der Waals surface area (Å²) < 4.78 is 0. The SMILES string of the molecule is CN1CCC(C2([N+](=O)[O-])C=CC=CN2)CC1. The minimum Gasteiger partial charge on any atom is -0.324 e. The normalized spacial score (nSPS) is 31.3. The summed E-state index contributed by atoms with van der Waals surface area (Å²) in [5.74, 6) is 0.0694. The van der Waals surface area contributed by atoms with Crippen LogP contribution in [0.15, 0.2) is 24.4 Å². The molecule has 0 bridgehead atoms. The summed E-state index contributed by atoms with van der Waals surface area (Å²) in [5.41, 5.74) is -1.09. The zero-order valence-corrected chi connectivity index (χ0v) is 9.43. The van der Waals surface area contributed by atoms with Gasteiger partial charge in [0.1, 0.15) is 0 Å². The van der Waals surface area contributed by atoms with Crippen LogP contribution in [0.4, 0.5) is 0 Å². The lowest BCUT2D eigenvalue weighted by atomic mass is 9.83. The van der Waals surface area contributed by atoms with Crippen molar-refractivity contribution in [3.63, 3.8) is 0 Å². The summed E-state index contributed by atoms with van der Waals surface area (Å²) >= 11 is 0. The molecule has 5 heteroatoms. The van der Waals surface area contributed by atoms with Crippen LogP contribution in [0.25, 0.3) is 0 Å². The number of nitro groups is 1. The van der Waals surface area contributed by atoms with Gasteiger partial charge in [0.05, 0.1) is 10.8 Å². The lowest BCUT2D eigenvalue weighted by Crippen LogP contribution is -2.57. The number of rotatable bonds is 2. The van der Waals surface area contributed by atoms with Crippen molar-refractivity contribution < 1.29 is 4.92 Å². The van der Waals surface area contributed by atoms with E-state index >= 15 is 0 Å². The number of nitrogens with zero attached hydrogens (tertiary/aromatic N) is 2. The Morgan fingerprint density at radius 2 is 2.12 bits per heavy atom. The molecule has 0 aromatic carbocycles. The molecule has 2 heterocycles. The Bertz CT molecular complexity index is 332. The third kappa shape index (κ3) is 1.82.